The number of rotatable bonds is 4. The summed E-state index contributed by atoms with van der Waals surface area (Å²) in [5, 5.41) is 0. The highest BCUT2D eigenvalue weighted by Crippen LogP contribution is 2.27. The van der Waals surface area contributed by atoms with Crippen molar-refractivity contribution in [1.29, 1.82) is 0 Å². The quantitative estimate of drug-likeness (QED) is 0.930. The molecule has 0 fully saturated rings. The molecule has 0 aliphatic heterocycles. The maximum absolute atomic E-state index is 6.19. The maximum Gasteiger partial charge on any atom is 0.108 e. The van der Waals surface area contributed by atoms with Crippen LogP contribution in [-0.2, 0) is 12.8 Å². The molecule has 2 aromatic rings. The summed E-state index contributed by atoms with van der Waals surface area (Å²) < 4.78 is 6.54. The Balaban J connectivity index is 2.11. The summed E-state index contributed by atoms with van der Waals surface area (Å²) in [7, 11) is 0. The van der Waals surface area contributed by atoms with Crippen molar-refractivity contribution < 1.29 is 4.42 Å². The van der Waals surface area contributed by atoms with Gasteiger partial charge in [0.2, 0.25) is 0 Å². The average molecular weight is 300 g/mol. The summed E-state index contributed by atoms with van der Waals surface area (Å²) in [6.07, 6.45) is 3.48. The van der Waals surface area contributed by atoms with Gasteiger partial charge >= 0.3 is 0 Å². The fraction of sp³-hybridized carbons (Fsp3) is 0.333. The van der Waals surface area contributed by atoms with E-state index in [-0.39, 0.29) is 6.04 Å². The lowest BCUT2D eigenvalue weighted by Gasteiger charge is -2.09. The molecule has 2 nitrogen and oxygen atoms in total. The largest absolute Gasteiger partial charge is 0.469 e. The van der Waals surface area contributed by atoms with Crippen molar-refractivity contribution in [3.8, 4) is 0 Å². The molecular formula is C12H14BrNOS. The first kappa shape index (κ1) is 11.9. The zero-order chi connectivity index (χ0) is 11.5. The third-order valence-electron chi connectivity index (χ3n) is 2.55. The van der Waals surface area contributed by atoms with Crippen molar-refractivity contribution in [2.24, 2.45) is 5.73 Å². The highest BCUT2D eigenvalue weighted by molar-refractivity contribution is 9.11. The van der Waals surface area contributed by atoms with Gasteiger partial charge in [0, 0.05) is 29.3 Å². The standard InChI is InChI=1S/C12H14BrNOS/c1-2-11-9(5-6-15-11)10(14)7-8-3-4-12(13)16-8/h3-6,10H,2,7,14H2,1H3. The molecule has 16 heavy (non-hydrogen) atoms. The molecule has 2 heterocycles. The van der Waals surface area contributed by atoms with Crippen molar-refractivity contribution in [1.82, 2.24) is 0 Å². The number of thiophene rings is 1. The number of nitrogens with two attached hydrogens (primary N) is 1. The van der Waals surface area contributed by atoms with E-state index in [1.54, 1.807) is 17.6 Å². The van der Waals surface area contributed by atoms with Gasteiger partial charge in [0.25, 0.3) is 0 Å². The molecule has 0 saturated carbocycles. The highest BCUT2D eigenvalue weighted by atomic mass is 79.9. The van der Waals surface area contributed by atoms with Gasteiger partial charge in [0.1, 0.15) is 5.76 Å². The fourth-order valence-corrected chi connectivity index (χ4v) is 3.30. The van der Waals surface area contributed by atoms with Gasteiger partial charge in [-0.05, 0) is 34.1 Å². The lowest BCUT2D eigenvalue weighted by atomic mass is 10.0. The molecule has 0 aliphatic carbocycles. The second-order valence-corrected chi connectivity index (χ2v) is 6.22. The second-order valence-electron chi connectivity index (χ2n) is 3.67. The molecule has 2 rings (SSSR count). The SMILES string of the molecule is CCc1occc1C(N)Cc1ccc(Br)s1. The zero-order valence-corrected chi connectivity index (χ0v) is 11.5. The molecule has 0 bridgehead atoms. The van der Waals surface area contributed by atoms with Gasteiger partial charge in [-0.15, -0.1) is 11.3 Å². The van der Waals surface area contributed by atoms with Crippen molar-refractivity contribution >= 4 is 27.3 Å². The lowest BCUT2D eigenvalue weighted by molar-refractivity contribution is 0.505. The Kier molecular flexibility index (Phi) is 3.84. The predicted octanol–water partition coefficient (Wildman–Crippen LogP) is 3.91. The van der Waals surface area contributed by atoms with Crippen LogP contribution in [0.2, 0.25) is 0 Å². The normalized spacial score (nSPS) is 12.9. The third kappa shape index (κ3) is 2.56. The Hall–Kier alpha value is -0.580. The number of hydrogen-bond acceptors (Lipinski definition) is 3. The maximum atomic E-state index is 6.19. The van der Waals surface area contributed by atoms with Crippen LogP contribution >= 0.6 is 27.3 Å². The molecule has 86 valence electrons. The van der Waals surface area contributed by atoms with E-state index in [0.717, 1.165) is 28.0 Å². The number of halogens is 1. The first-order valence-electron chi connectivity index (χ1n) is 5.26. The van der Waals surface area contributed by atoms with Crippen LogP contribution in [0.3, 0.4) is 0 Å². The van der Waals surface area contributed by atoms with Crippen LogP contribution in [0.4, 0.5) is 0 Å². The van der Waals surface area contributed by atoms with Gasteiger partial charge in [0.05, 0.1) is 10.0 Å². The van der Waals surface area contributed by atoms with Gasteiger partial charge in [-0.25, -0.2) is 0 Å². The monoisotopic (exact) mass is 299 g/mol. The molecule has 0 aromatic carbocycles. The number of hydrogen-bond donors (Lipinski definition) is 1. The Morgan fingerprint density at radius 2 is 2.25 bits per heavy atom. The van der Waals surface area contributed by atoms with E-state index in [1.807, 2.05) is 6.07 Å². The van der Waals surface area contributed by atoms with Crippen molar-refractivity contribution in [3.63, 3.8) is 0 Å². The van der Waals surface area contributed by atoms with Crippen LogP contribution in [0.1, 0.15) is 29.2 Å². The highest BCUT2D eigenvalue weighted by Gasteiger charge is 2.14. The Labute approximate surface area is 108 Å². The lowest BCUT2D eigenvalue weighted by Crippen LogP contribution is -2.13. The van der Waals surface area contributed by atoms with Gasteiger partial charge in [-0.2, -0.15) is 0 Å². The van der Waals surface area contributed by atoms with Crippen molar-refractivity contribution in [3.05, 3.63) is 44.4 Å². The van der Waals surface area contributed by atoms with Crippen LogP contribution in [0, 0.1) is 0 Å². The number of aryl methyl sites for hydroxylation is 1. The van der Waals surface area contributed by atoms with E-state index in [4.69, 9.17) is 10.2 Å². The van der Waals surface area contributed by atoms with Gasteiger partial charge in [-0.3, -0.25) is 0 Å². The summed E-state index contributed by atoms with van der Waals surface area (Å²) in [5.41, 5.74) is 7.32. The topological polar surface area (TPSA) is 39.2 Å². The molecule has 0 amide bonds. The van der Waals surface area contributed by atoms with E-state index in [0.29, 0.717) is 0 Å². The molecule has 0 radical (unpaired) electrons. The van der Waals surface area contributed by atoms with E-state index in [2.05, 4.69) is 35.0 Å². The molecular weight excluding hydrogens is 286 g/mol. The second kappa shape index (κ2) is 5.17. The van der Waals surface area contributed by atoms with E-state index in [9.17, 15) is 0 Å². The third-order valence-corrected chi connectivity index (χ3v) is 4.20. The van der Waals surface area contributed by atoms with Crippen LogP contribution < -0.4 is 5.73 Å². The summed E-state index contributed by atoms with van der Waals surface area (Å²) in [5.74, 6) is 1.00. The first-order valence-corrected chi connectivity index (χ1v) is 6.87. The molecule has 4 heteroatoms. The summed E-state index contributed by atoms with van der Waals surface area (Å²) >= 11 is 5.19. The Bertz CT molecular complexity index is 463. The van der Waals surface area contributed by atoms with Crippen LogP contribution in [-0.4, -0.2) is 0 Å². The van der Waals surface area contributed by atoms with E-state index in [1.165, 1.54) is 4.88 Å². The molecule has 1 unspecified atom stereocenters. The molecule has 2 N–H and O–H groups in total. The van der Waals surface area contributed by atoms with Crippen molar-refractivity contribution in [2.75, 3.05) is 0 Å². The first-order chi connectivity index (χ1) is 7.70. The van der Waals surface area contributed by atoms with Crippen LogP contribution in [0.25, 0.3) is 0 Å². The molecule has 0 aliphatic rings. The zero-order valence-electron chi connectivity index (χ0n) is 9.07. The molecule has 2 aromatic heterocycles. The number of furan rings is 1. The summed E-state index contributed by atoms with van der Waals surface area (Å²) in [6.45, 7) is 2.08. The fourth-order valence-electron chi connectivity index (χ4n) is 1.76. The summed E-state index contributed by atoms with van der Waals surface area (Å²) in [4.78, 5) is 1.29. The van der Waals surface area contributed by atoms with Crippen LogP contribution in [0.15, 0.2) is 32.7 Å². The minimum atomic E-state index is 0.0271. The van der Waals surface area contributed by atoms with E-state index >= 15 is 0 Å². The molecule has 0 spiro atoms. The molecule has 0 saturated heterocycles. The Morgan fingerprint density at radius 1 is 1.44 bits per heavy atom. The Morgan fingerprint density at radius 3 is 2.88 bits per heavy atom. The van der Waals surface area contributed by atoms with Gasteiger partial charge < -0.3 is 10.2 Å². The van der Waals surface area contributed by atoms with E-state index < -0.39 is 0 Å². The molecule has 1 atom stereocenters. The predicted molar refractivity (Wildman–Crippen MR) is 70.7 cm³/mol. The van der Waals surface area contributed by atoms with Crippen LogP contribution in [0.5, 0.6) is 0 Å². The minimum Gasteiger partial charge on any atom is -0.469 e. The van der Waals surface area contributed by atoms with Gasteiger partial charge in [-0.1, -0.05) is 6.92 Å². The van der Waals surface area contributed by atoms with Crippen molar-refractivity contribution in [2.45, 2.75) is 25.8 Å². The summed E-state index contributed by atoms with van der Waals surface area (Å²) in [6, 6.07) is 6.18. The average Bonchev–Trinajstić information content (AvgIpc) is 2.86. The van der Waals surface area contributed by atoms with Gasteiger partial charge in [0.15, 0.2) is 0 Å². The minimum absolute atomic E-state index is 0.0271. The smallest absolute Gasteiger partial charge is 0.108 e.